The topological polar surface area (TPSA) is 79.0 Å². The molecule has 2 heterocycles. The van der Waals surface area contributed by atoms with Crippen LogP contribution in [-0.4, -0.2) is 78.9 Å². The van der Waals surface area contributed by atoms with Gasteiger partial charge in [0.15, 0.2) is 0 Å². The lowest BCUT2D eigenvalue weighted by Gasteiger charge is -2.40. The molecule has 0 aromatic heterocycles. The third-order valence-corrected chi connectivity index (χ3v) is 3.89. The second kappa shape index (κ2) is 5.97. The van der Waals surface area contributed by atoms with Crippen LogP contribution in [0.2, 0.25) is 0 Å². The minimum atomic E-state index is -0.725. The number of β-amino-alcohol motifs (C(OH)–C–C–N with tert-alkyl or cyclic N) is 1. The Hall–Kier alpha value is -0.690. The van der Waals surface area contributed by atoms with Gasteiger partial charge < -0.3 is 20.5 Å². The molecule has 0 spiro atoms. The van der Waals surface area contributed by atoms with Crippen molar-refractivity contribution in [1.29, 1.82) is 0 Å². The van der Waals surface area contributed by atoms with Gasteiger partial charge in [-0.15, -0.1) is 0 Å². The van der Waals surface area contributed by atoms with E-state index in [1.54, 1.807) is 0 Å². The molecule has 2 aliphatic heterocycles. The van der Waals surface area contributed by atoms with Crippen LogP contribution in [0, 0.1) is 0 Å². The molecule has 104 valence electrons. The molecule has 0 aliphatic carbocycles. The molecule has 6 nitrogen and oxygen atoms in total. The van der Waals surface area contributed by atoms with Crippen LogP contribution in [0.25, 0.3) is 0 Å². The van der Waals surface area contributed by atoms with Crippen LogP contribution in [0.5, 0.6) is 0 Å². The predicted molar refractivity (Wildman–Crippen MR) is 67.1 cm³/mol. The van der Waals surface area contributed by atoms with Crippen molar-refractivity contribution < 1.29 is 14.6 Å². The van der Waals surface area contributed by atoms with Crippen LogP contribution in [0.3, 0.4) is 0 Å². The first kappa shape index (κ1) is 13.7. The minimum Gasteiger partial charge on any atom is -0.395 e. The number of ether oxygens (including phenoxy) is 1. The molecular weight excluding hydrogens is 234 g/mol. The Bertz CT molecular complexity index is 284. The Morgan fingerprint density at radius 1 is 1.22 bits per heavy atom. The zero-order chi connectivity index (χ0) is 13.0. The summed E-state index contributed by atoms with van der Waals surface area (Å²) < 4.78 is 5.26. The fourth-order valence-corrected chi connectivity index (χ4v) is 2.58. The van der Waals surface area contributed by atoms with Crippen molar-refractivity contribution >= 4 is 5.91 Å². The third kappa shape index (κ3) is 3.00. The SMILES string of the molecule is NC1(C(=O)N2CCN(CCO)CC2)CCOCC1. The molecule has 0 radical (unpaired) electrons. The molecule has 0 aromatic rings. The van der Waals surface area contributed by atoms with E-state index in [4.69, 9.17) is 15.6 Å². The summed E-state index contributed by atoms with van der Waals surface area (Å²) in [6, 6.07) is 0. The van der Waals surface area contributed by atoms with Crippen molar-refractivity contribution in [3.8, 4) is 0 Å². The van der Waals surface area contributed by atoms with Gasteiger partial charge in [0.25, 0.3) is 0 Å². The maximum atomic E-state index is 12.4. The van der Waals surface area contributed by atoms with Gasteiger partial charge in [0, 0.05) is 45.9 Å². The molecule has 0 atom stereocenters. The van der Waals surface area contributed by atoms with Gasteiger partial charge in [-0.25, -0.2) is 0 Å². The highest BCUT2D eigenvalue weighted by molar-refractivity contribution is 5.86. The number of hydrogen-bond acceptors (Lipinski definition) is 5. The summed E-state index contributed by atoms with van der Waals surface area (Å²) in [5, 5.41) is 8.88. The fourth-order valence-electron chi connectivity index (χ4n) is 2.58. The highest BCUT2D eigenvalue weighted by Gasteiger charge is 2.39. The molecule has 2 rings (SSSR count). The number of carbonyl (C=O) groups is 1. The van der Waals surface area contributed by atoms with Gasteiger partial charge in [-0.1, -0.05) is 0 Å². The van der Waals surface area contributed by atoms with E-state index in [2.05, 4.69) is 4.90 Å². The minimum absolute atomic E-state index is 0.0643. The van der Waals surface area contributed by atoms with E-state index < -0.39 is 5.54 Å². The zero-order valence-corrected chi connectivity index (χ0v) is 10.8. The van der Waals surface area contributed by atoms with Crippen LogP contribution >= 0.6 is 0 Å². The monoisotopic (exact) mass is 257 g/mol. The first-order valence-electron chi connectivity index (χ1n) is 6.65. The quantitative estimate of drug-likeness (QED) is 0.652. The Kier molecular flexibility index (Phi) is 4.55. The predicted octanol–water partition coefficient (Wildman–Crippen LogP) is -1.37. The number of amides is 1. The maximum absolute atomic E-state index is 12.4. The van der Waals surface area contributed by atoms with Crippen molar-refractivity contribution in [2.24, 2.45) is 5.73 Å². The van der Waals surface area contributed by atoms with E-state index in [0.29, 0.717) is 45.7 Å². The van der Waals surface area contributed by atoms with Gasteiger partial charge in [0.1, 0.15) is 0 Å². The molecule has 0 saturated carbocycles. The molecular formula is C12H23N3O3. The average Bonchev–Trinajstić information content (AvgIpc) is 2.40. The molecule has 2 fully saturated rings. The van der Waals surface area contributed by atoms with E-state index in [0.717, 1.165) is 13.1 Å². The maximum Gasteiger partial charge on any atom is 0.242 e. The summed E-state index contributed by atoms with van der Waals surface area (Å²) in [7, 11) is 0. The second-order valence-corrected chi connectivity index (χ2v) is 5.13. The van der Waals surface area contributed by atoms with E-state index in [-0.39, 0.29) is 12.5 Å². The fraction of sp³-hybridized carbons (Fsp3) is 0.917. The van der Waals surface area contributed by atoms with E-state index in [1.807, 2.05) is 4.90 Å². The van der Waals surface area contributed by atoms with Crippen LogP contribution in [0.1, 0.15) is 12.8 Å². The largest absolute Gasteiger partial charge is 0.395 e. The summed E-state index contributed by atoms with van der Waals surface area (Å²) in [4.78, 5) is 16.4. The molecule has 0 aromatic carbocycles. The van der Waals surface area contributed by atoms with Gasteiger partial charge in [-0.05, 0) is 12.8 Å². The lowest BCUT2D eigenvalue weighted by atomic mass is 9.89. The standard InChI is InChI=1S/C12H23N3O3/c13-12(1-9-18-10-2-12)11(17)15-5-3-14(4-6-15)7-8-16/h16H,1-10,13H2. The molecule has 2 saturated heterocycles. The Morgan fingerprint density at radius 3 is 2.39 bits per heavy atom. The van der Waals surface area contributed by atoms with Crippen molar-refractivity contribution in [2.45, 2.75) is 18.4 Å². The van der Waals surface area contributed by atoms with Gasteiger partial charge in [0.2, 0.25) is 5.91 Å². The smallest absolute Gasteiger partial charge is 0.242 e. The van der Waals surface area contributed by atoms with Gasteiger partial charge >= 0.3 is 0 Å². The first-order valence-corrected chi connectivity index (χ1v) is 6.65. The Labute approximate surface area is 108 Å². The van der Waals surface area contributed by atoms with Gasteiger partial charge in [-0.2, -0.15) is 0 Å². The number of piperazine rings is 1. The number of rotatable bonds is 3. The summed E-state index contributed by atoms with van der Waals surface area (Å²) in [6.45, 7) is 5.06. The van der Waals surface area contributed by atoms with Crippen LogP contribution in [0.15, 0.2) is 0 Å². The summed E-state index contributed by atoms with van der Waals surface area (Å²) in [6.07, 6.45) is 1.23. The highest BCUT2D eigenvalue weighted by Crippen LogP contribution is 2.21. The molecule has 18 heavy (non-hydrogen) atoms. The molecule has 0 unspecified atom stereocenters. The van der Waals surface area contributed by atoms with E-state index in [9.17, 15) is 4.79 Å². The van der Waals surface area contributed by atoms with Crippen LogP contribution in [0.4, 0.5) is 0 Å². The summed E-state index contributed by atoms with van der Waals surface area (Å²) >= 11 is 0. The summed E-state index contributed by atoms with van der Waals surface area (Å²) in [5.41, 5.74) is 5.48. The zero-order valence-electron chi connectivity index (χ0n) is 10.8. The van der Waals surface area contributed by atoms with Crippen LogP contribution < -0.4 is 5.73 Å². The first-order chi connectivity index (χ1) is 8.65. The number of aliphatic hydroxyl groups is 1. The molecule has 2 aliphatic rings. The highest BCUT2D eigenvalue weighted by atomic mass is 16.5. The lowest BCUT2D eigenvalue weighted by molar-refractivity contribution is -0.142. The number of hydrogen-bond donors (Lipinski definition) is 2. The third-order valence-electron chi connectivity index (χ3n) is 3.89. The molecule has 3 N–H and O–H groups in total. The van der Waals surface area contributed by atoms with Crippen molar-refractivity contribution in [3.05, 3.63) is 0 Å². The summed E-state index contributed by atoms with van der Waals surface area (Å²) in [5.74, 6) is 0.0643. The van der Waals surface area contributed by atoms with Crippen molar-refractivity contribution in [3.63, 3.8) is 0 Å². The molecule has 1 amide bonds. The second-order valence-electron chi connectivity index (χ2n) is 5.13. The van der Waals surface area contributed by atoms with Gasteiger partial charge in [0.05, 0.1) is 12.1 Å². The van der Waals surface area contributed by atoms with E-state index >= 15 is 0 Å². The number of nitrogens with zero attached hydrogens (tertiary/aromatic N) is 2. The lowest BCUT2D eigenvalue weighted by Crippen LogP contribution is -2.61. The normalized spacial score (nSPS) is 25.1. The number of carbonyl (C=O) groups excluding carboxylic acids is 1. The molecule has 6 heteroatoms. The van der Waals surface area contributed by atoms with Crippen molar-refractivity contribution in [2.75, 3.05) is 52.5 Å². The number of nitrogens with two attached hydrogens (primary N) is 1. The van der Waals surface area contributed by atoms with Crippen molar-refractivity contribution in [1.82, 2.24) is 9.80 Å². The Morgan fingerprint density at radius 2 is 1.83 bits per heavy atom. The molecule has 0 bridgehead atoms. The number of aliphatic hydroxyl groups excluding tert-OH is 1. The van der Waals surface area contributed by atoms with E-state index in [1.165, 1.54) is 0 Å². The van der Waals surface area contributed by atoms with Gasteiger partial charge in [-0.3, -0.25) is 9.69 Å². The van der Waals surface area contributed by atoms with Crippen LogP contribution in [-0.2, 0) is 9.53 Å². The average molecular weight is 257 g/mol. The Balaban J connectivity index is 1.86.